The quantitative estimate of drug-likeness (QED) is 0.776. The van der Waals surface area contributed by atoms with E-state index in [0.29, 0.717) is 23.4 Å². The monoisotopic (exact) mass is 391 g/mol. The Labute approximate surface area is 170 Å². The molecular weight excluding hydrogens is 366 g/mol. The summed E-state index contributed by atoms with van der Waals surface area (Å²) in [5, 5.41) is 10.2. The van der Waals surface area contributed by atoms with Crippen LogP contribution in [-0.4, -0.2) is 46.2 Å². The molecule has 1 aliphatic rings. The van der Waals surface area contributed by atoms with Gasteiger partial charge in [-0.05, 0) is 37.1 Å². The summed E-state index contributed by atoms with van der Waals surface area (Å²) in [5.41, 5.74) is 3.28. The molecule has 7 heteroatoms. The van der Waals surface area contributed by atoms with Crippen molar-refractivity contribution in [3.05, 3.63) is 53.4 Å². The number of amides is 2. The lowest BCUT2D eigenvalue weighted by atomic mass is 10.0. The summed E-state index contributed by atoms with van der Waals surface area (Å²) in [7, 11) is 0. The molecule has 0 radical (unpaired) electrons. The van der Waals surface area contributed by atoms with Crippen molar-refractivity contribution >= 4 is 35.5 Å². The average Bonchev–Trinajstić information content (AvgIpc) is 2.95. The number of hydrogen-bond donors (Lipinski definition) is 1. The van der Waals surface area contributed by atoms with Crippen LogP contribution in [0.5, 0.6) is 0 Å². The van der Waals surface area contributed by atoms with E-state index in [1.54, 1.807) is 24.4 Å². The maximum atomic E-state index is 12.9. The van der Waals surface area contributed by atoms with E-state index in [1.165, 1.54) is 12.4 Å². The van der Waals surface area contributed by atoms with Gasteiger partial charge in [-0.1, -0.05) is 19.9 Å². The second kappa shape index (κ2) is 9.73. The van der Waals surface area contributed by atoms with Gasteiger partial charge < -0.3 is 10.2 Å². The van der Waals surface area contributed by atoms with E-state index >= 15 is 0 Å². The van der Waals surface area contributed by atoms with Gasteiger partial charge in [0.15, 0.2) is 0 Å². The minimum atomic E-state index is -0.252. The molecule has 0 saturated heterocycles. The van der Waals surface area contributed by atoms with Gasteiger partial charge in [-0.15, -0.1) is 0 Å². The maximum Gasteiger partial charge on any atom is 0.255 e. The number of benzene rings is 1. The Morgan fingerprint density at radius 3 is 2.59 bits per heavy atom. The summed E-state index contributed by atoms with van der Waals surface area (Å²) < 4.78 is 0. The Hall–Kier alpha value is -3.35. The van der Waals surface area contributed by atoms with Crippen LogP contribution in [0.2, 0.25) is 0 Å². The molecule has 0 bridgehead atoms. The number of rotatable bonds is 7. The van der Waals surface area contributed by atoms with Gasteiger partial charge in [0.2, 0.25) is 5.91 Å². The highest BCUT2D eigenvalue weighted by molar-refractivity contribution is 6.06. The molecule has 2 amide bonds. The first-order chi connectivity index (χ1) is 14.1. The first-order valence-corrected chi connectivity index (χ1v) is 9.86. The van der Waals surface area contributed by atoms with Crippen molar-refractivity contribution in [2.75, 3.05) is 18.4 Å². The number of hydrogen-bond acceptors (Lipinski definition) is 5. The number of fused-ring (bicyclic) bond motifs is 1. The van der Waals surface area contributed by atoms with Crippen LogP contribution in [0.1, 0.15) is 49.0 Å². The number of aliphatic imine (C=N–C) groups is 1. The molecule has 0 saturated carbocycles. The zero-order valence-electron chi connectivity index (χ0n) is 16.8. The van der Waals surface area contributed by atoms with Gasteiger partial charge in [0.05, 0.1) is 23.8 Å². The predicted molar refractivity (Wildman–Crippen MR) is 114 cm³/mol. The molecule has 0 atom stereocenters. The van der Waals surface area contributed by atoms with E-state index in [1.807, 2.05) is 17.0 Å². The minimum absolute atomic E-state index is 0.0556. The predicted octanol–water partition coefficient (Wildman–Crippen LogP) is 3.87. The summed E-state index contributed by atoms with van der Waals surface area (Å²) in [6.07, 6.45) is 8.95. The minimum Gasteiger partial charge on any atom is -0.339 e. The number of nitrogens with zero attached hydrogens (tertiary/aromatic N) is 4. The summed E-state index contributed by atoms with van der Waals surface area (Å²) in [6, 6.07) is 6.97. The van der Waals surface area contributed by atoms with Crippen molar-refractivity contribution in [2.24, 2.45) is 4.99 Å². The normalized spacial score (nSPS) is 12.6. The van der Waals surface area contributed by atoms with E-state index in [2.05, 4.69) is 34.4 Å². The Morgan fingerprint density at radius 1 is 1.10 bits per heavy atom. The highest BCUT2D eigenvalue weighted by atomic mass is 16.2. The Kier molecular flexibility index (Phi) is 6.84. The topological polar surface area (TPSA) is 87.5 Å². The third-order valence-electron chi connectivity index (χ3n) is 4.56. The SMILES string of the molecule is CCCN(CCC)C(=O)C1=Cc2ccc(C(=O)Nc3ccnnc3)cc2N=CC1. The van der Waals surface area contributed by atoms with E-state index < -0.39 is 0 Å². The van der Waals surface area contributed by atoms with Crippen LogP contribution in [0.25, 0.3) is 6.08 Å². The van der Waals surface area contributed by atoms with Crippen LogP contribution in [0, 0.1) is 0 Å². The molecule has 2 heterocycles. The van der Waals surface area contributed by atoms with E-state index in [4.69, 9.17) is 0 Å². The maximum absolute atomic E-state index is 12.9. The van der Waals surface area contributed by atoms with Crippen molar-refractivity contribution in [1.82, 2.24) is 15.1 Å². The first kappa shape index (κ1) is 20.4. The zero-order valence-corrected chi connectivity index (χ0v) is 16.8. The summed E-state index contributed by atoms with van der Waals surface area (Å²) >= 11 is 0. The Balaban J connectivity index is 1.82. The molecule has 3 rings (SSSR count). The van der Waals surface area contributed by atoms with Crippen LogP contribution < -0.4 is 5.32 Å². The van der Waals surface area contributed by atoms with E-state index in [9.17, 15) is 9.59 Å². The van der Waals surface area contributed by atoms with E-state index in [-0.39, 0.29) is 11.8 Å². The van der Waals surface area contributed by atoms with Crippen LogP contribution in [-0.2, 0) is 4.79 Å². The molecule has 150 valence electrons. The number of carbonyl (C=O) groups is 2. The van der Waals surface area contributed by atoms with E-state index in [0.717, 1.165) is 37.1 Å². The second-order valence-electron chi connectivity index (χ2n) is 6.84. The Bertz CT molecular complexity index is 931. The van der Waals surface area contributed by atoms with Crippen LogP contribution >= 0.6 is 0 Å². The smallest absolute Gasteiger partial charge is 0.255 e. The third kappa shape index (κ3) is 5.13. The molecule has 2 aromatic rings. The van der Waals surface area contributed by atoms with Crippen LogP contribution in [0.4, 0.5) is 11.4 Å². The summed E-state index contributed by atoms with van der Waals surface area (Å²) in [4.78, 5) is 31.8. The molecule has 0 unspecified atom stereocenters. The molecular formula is C22H25N5O2. The van der Waals surface area contributed by atoms with Gasteiger partial charge in [0.25, 0.3) is 5.91 Å². The van der Waals surface area contributed by atoms with Gasteiger partial charge in [-0.2, -0.15) is 10.2 Å². The van der Waals surface area contributed by atoms with Gasteiger partial charge in [0.1, 0.15) is 0 Å². The Morgan fingerprint density at radius 2 is 1.90 bits per heavy atom. The lowest BCUT2D eigenvalue weighted by Gasteiger charge is -2.22. The second-order valence-corrected chi connectivity index (χ2v) is 6.84. The fraction of sp³-hybridized carbons (Fsp3) is 0.318. The third-order valence-corrected chi connectivity index (χ3v) is 4.56. The first-order valence-electron chi connectivity index (χ1n) is 9.86. The van der Waals surface area contributed by atoms with Gasteiger partial charge in [-0.25, -0.2) is 0 Å². The van der Waals surface area contributed by atoms with Crippen LogP contribution in [0.3, 0.4) is 0 Å². The largest absolute Gasteiger partial charge is 0.339 e. The lowest BCUT2D eigenvalue weighted by Crippen LogP contribution is -2.33. The van der Waals surface area contributed by atoms with Gasteiger partial charge >= 0.3 is 0 Å². The van der Waals surface area contributed by atoms with Crippen molar-refractivity contribution in [1.29, 1.82) is 0 Å². The molecule has 1 N–H and O–H groups in total. The van der Waals surface area contributed by atoms with Crippen molar-refractivity contribution in [2.45, 2.75) is 33.1 Å². The van der Waals surface area contributed by atoms with Crippen molar-refractivity contribution in [3.63, 3.8) is 0 Å². The molecule has 0 fully saturated rings. The number of aromatic nitrogens is 2. The highest BCUT2D eigenvalue weighted by Gasteiger charge is 2.19. The summed E-state index contributed by atoms with van der Waals surface area (Å²) in [6.45, 7) is 5.64. The molecule has 1 aliphatic heterocycles. The van der Waals surface area contributed by atoms with Crippen molar-refractivity contribution < 1.29 is 9.59 Å². The number of carbonyl (C=O) groups excluding carboxylic acids is 2. The zero-order chi connectivity index (χ0) is 20.6. The number of nitrogens with one attached hydrogen (secondary N) is 1. The molecule has 0 spiro atoms. The number of anilines is 1. The molecule has 7 nitrogen and oxygen atoms in total. The molecule has 1 aromatic heterocycles. The van der Waals surface area contributed by atoms with Gasteiger partial charge in [-0.3, -0.25) is 14.6 Å². The van der Waals surface area contributed by atoms with Crippen LogP contribution in [0.15, 0.2) is 47.2 Å². The highest BCUT2D eigenvalue weighted by Crippen LogP contribution is 2.27. The van der Waals surface area contributed by atoms with Crippen molar-refractivity contribution in [3.8, 4) is 0 Å². The lowest BCUT2D eigenvalue weighted by molar-refractivity contribution is -0.127. The molecule has 29 heavy (non-hydrogen) atoms. The summed E-state index contributed by atoms with van der Waals surface area (Å²) in [5.74, 6) is -0.197. The fourth-order valence-electron chi connectivity index (χ4n) is 3.18. The molecule has 1 aromatic carbocycles. The fourth-order valence-corrected chi connectivity index (χ4v) is 3.18. The van der Waals surface area contributed by atoms with Gasteiger partial charge in [0, 0.05) is 42.4 Å². The average molecular weight is 391 g/mol. The standard InChI is InChI=1S/C22H25N5O2/c1-3-11-27(12-4-2)22(29)18-7-9-23-20-14-17(6-5-16(20)13-18)21(28)26-19-8-10-24-25-15-19/h5-6,8-10,13-15H,3-4,7,11-12H2,1-2H3,(H,24,26,28). The molecule has 0 aliphatic carbocycles.